The number of anilines is 3. The van der Waals surface area contributed by atoms with Gasteiger partial charge in [-0.1, -0.05) is 117 Å². The molecule has 1 heteroatoms. The molecule has 7 aromatic rings. The first kappa shape index (κ1) is 23.0. The molecule has 0 aromatic heterocycles. The average Bonchev–Trinajstić information content (AvgIpc) is 3.23. The molecule has 0 saturated heterocycles. The lowest BCUT2D eigenvalue weighted by Crippen LogP contribution is -2.15. The van der Waals surface area contributed by atoms with Crippen LogP contribution in [-0.4, -0.2) is 0 Å². The van der Waals surface area contributed by atoms with Gasteiger partial charge in [0, 0.05) is 22.5 Å². The van der Waals surface area contributed by atoms with Crippen molar-refractivity contribution in [3.05, 3.63) is 151 Å². The smallest absolute Gasteiger partial charge is 0.0468 e. The summed E-state index contributed by atoms with van der Waals surface area (Å²) in [6, 6.07) is 51.3. The molecule has 0 radical (unpaired) electrons. The summed E-state index contributed by atoms with van der Waals surface area (Å²) in [5.41, 5.74) is 8.93. The summed E-state index contributed by atoms with van der Waals surface area (Å²) in [5.74, 6) is 0. The zero-order chi connectivity index (χ0) is 26.8. The van der Waals surface area contributed by atoms with Crippen LogP contribution in [0, 0.1) is 0 Å². The fourth-order valence-corrected chi connectivity index (χ4v) is 6.74. The van der Waals surface area contributed by atoms with E-state index in [0.717, 1.165) is 11.4 Å². The minimum absolute atomic E-state index is 0.0138. The van der Waals surface area contributed by atoms with E-state index in [9.17, 15) is 0 Å². The van der Waals surface area contributed by atoms with Gasteiger partial charge < -0.3 is 4.90 Å². The lowest BCUT2D eigenvalue weighted by Gasteiger charge is -2.28. The van der Waals surface area contributed by atoms with Crippen molar-refractivity contribution in [1.82, 2.24) is 0 Å². The zero-order valence-corrected chi connectivity index (χ0v) is 22.7. The Morgan fingerprint density at radius 3 is 1.80 bits per heavy atom. The first-order valence-corrected chi connectivity index (χ1v) is 14.0. The SMILES string of the molecule is CC1(C)c2ccccc2-c2cc(N(c3ccc4ccccc4c3)c3ccc4ccc5ccccc5c4c3)ccc21. The number of hydrogen-bond acceptors (Lipinski definition) is 1. The molecule has 7 aromatic carbocycles. The van der Waals surface area contributed by atoms with Gasteiger partial charge in [0.1, 0.15) is 0 Å². The van der Waals surface area contributed by atoms with Gasteiger partial charge in [0.2, 0.25) is 0 Å². The van der Waals surface area contributed by atoms with Crippen molar-refractivity contribution in [2.45, 2.75) is 19.3 Å². The number of hydrogen-bond donors (Lipinski definition) is 0. The number of fused-ring (bicyclic) bond motifs is 7. The summed E-state index contributed by atoms with van der Waals surface area (Å²) in [5, 5.41) is 7.56. The molecule has 0 spiro atoms. The monoisotopic (exact) mass is 511 g/mol. The molecular formula is C39H29N. The lowest BCUT2D eigenvalue weighted by molar-refractivity contribution is 0.660. The summed E-state index contributed by atoms with van der Waals surface area (Å²) >= 11 is 0. The Labute approximate surface area is 234 Å². The molecule has 0 atom stereocenters. The quantitative estimate of drug-likeness (QED) is 0.213. The minimum atomic E-state index is -0.0138. The molecule has 0 amide bonds. The van der Waals surface area contributed by atoms with Crippen molar-refractivity contribution in [1.29, 1.82) is 0 Å². The summed E-state index contributed by atoms with van der Waals surface area (Å²) in [4.78, 5) is 2.42. The standard InChI is InChI=1S/C39H29N/c1-39(2)37-14-8-7-13-34(37)36-25-32(21-22-38(36)39)40(30-19-17-26-9-3-4-11-29(26)23-30)31-20-18-28-16-15-27-10-5-6-12-33(27)35(28)24-31/h3-25H,1-2H3. The van der Waals surface area contributed by atoms with E-state index in [1.165, 1.54) is 60.3 Å². The first-order chi connectivity index (χ1) is 19.6. The van der Waals surface area contributed by atoms with Crippen molar-refractivity contribution >= 4 is 49.4 Å². The highest BCUT2D eigenvalue weighted by Gasteiger charge is 2.35. The molecule has 1 aliphatic carbocycles. The number of nitrogens with zero attached hydrogens (tertiary/aromatic N) is 1. The van der Waals surface area contributed by atoms with Crippen LogP contribution in [0.2, 0.25) is 0 Å². The maximum Gasteiger partial charge on any atom is 0.0468 e. The van der Waals surface area contributed by atoms with Crippen molar-refractivity contribution in [2.24, 2.45) is 0 Å². The molecule has 0 heterocycles. The van der Waals surface area contributed by atoms with Gasteiger partial charge in [0.25, 0.3) is 0 Å². The second kappa shape index (κ2) is 8.56. The third-order valence-corrected chi connectivity index (χ3v) is 8.81. The van der Waals surface area contributed by atoms with Crippen molar-refractivity contribution in [3.63, 3.8) is 0 Å². The third kappa shape index (κ3) is 3.41. The Balaban J connectivity index is 1.38. The van der Waals surface area contributed by atoms with E-state index in [4.69, 9.17) is 0 Å². The second-order valence-electron chi connectivity index (χ2n) is 11.5. The van der Waals surface area contributed by atoms with E-state index in [1.807, 2.05) is 0 Å². The average molecular weight is 512 g/mol. The first-order valence-electron chi connectivity index (χ1n) is 14.0. The molecule has 8 rings (SSSR count). The summed E-state index contributed by atoms with van der Waals surface area (Å²) in [6.45, 7) is 4.68. The highest BCUT2D eigenvalue weighted by atomic mass is 15.1. The highest BCUT2D eigenvalue weighted by molar-refractivity contribution is 6.09. The van der Waals surface area contributed by atoms with Crippen LogP contribution in [0.3, 0.4) is 0 Å². The predicted octanol–water partition coefficient (Wildman–Crippen LogP) is 10.9. The Bertz CT molecular complexity index is 2100. The Morgan fingerprint density at radius 1 is 0.400 bits per heavy atom. The minimum Gasteiger partial charge on any atom is -0.310 e. The zero-order valence-electron chi connectivity index (χ0n) is 22.7. The number of benzene rings is 7. The van der Waals surface area contributed by atoms with E-state index in [0.29, 0.717) is 0 Å². The normalized spacial score (nSPS) is 13.4. The van der Waals surface area contributed by atoms with Gasteiger partial charge in [-0.15, -0.1) is 0 Å². The van der Waals surface area contributed by atoms with Crippen molar-refractivity contribution in [2.75, 3.05) is 4.90 Å². The summed E-state index contributed by atoms with van der Waals surface area (Å²) < 4.78 is 0. The third-order valence-electron chi connectivity index (χ3n) is 8.81. The molecule has 190 valence electrons. The lowest BCUT2D eigenvalue weighted by atomic mass is 9.82. The van der Waals surface area contributed by atoms with Gasteiger partial charge in [0.15, 0.2) is 0 Å². The number of rotatable bonds is 3. The molecule has 0 N–H and O–H groups in total. The van der Waals surface area contributed by atoms with Crippen LogP contribution in [0.15, 0.2) is 140 Å². The van der Waals surface area contributed by atoms with E-state index < -0.39 is 0 Å². The molecule has 1 aliphatic rings. The Hall–Kier alpha value is -4.88. The predicted molar refractivity (Wildman–Crippen MR) is 171 cm³/mol. The molecule has 40 heavy (non-hydrogen) atoms. The van der Waals surface area contributed by atoms with Gasteiger partial charge in [-0.25, -0.2) is 0 Å². The van der Waals surface area contributed by atoms with Crippen LogP contribution in [0.4, 0.5) is 17.1 Å². The van der Waals surface area contributed by atoms with E-state index >= 15 is 0 Å². The topological polar surface area (TPSA) is 3.24 Å². The molecule has 0 aliphatic heterocycles. The molecule has 0 saturated carbocycles. The fraction of sp³-hybridized carbons (Fsp3) is 0.0769. The molecule has 0 fully saturated rings. The highest BCUT2D eigenvalue weighted by Crippen LogP contribution is 2.50. The van der Waals surface area contributed by atoms with Crippen molar-refractivity contribution < 1.29 is 0 Å². The molecule has 1 nitrogen and oxygen atoms in total. The van der Waals surface area contributed by atoms with E-state index in [2.05, 4.69) is 158 Å². The summed E-state index contributed by atoms with van der Waals surface area (Å²) in [6.07, 6.45) is 0. The van der Waals surface area contributed by atoms with Gasteiger partial charge in [-0.05, 0) is 91.0 Å². The van der Waals surface area contributed by atoms with Gasteiger partial charge in [-0.2, -0.15) is 0 Å². The van der Waals surface area contributed by atoms with Crippen molar-refractivity contribution in [3.8, 4) is 11.1 Å². The van der Waals surface area contributed by atoms with Gasteiger partial charge in [0.05, 0.1) is 0 Å². The van der Waals surface area contributed by atoms with Crippen LogP contribution in [0.25, 0.3) is 43.4 Å². The molecule has 0 bridgehead atoms. The Kier molecular flexibility index (Phi) is 4.93. The fourth-order valence-electron chi connectivity index (χ4n) is 6.74. The van der Waals surface area contributed by atoms with Crippen LogP contribution in [-0.2, 0) is 5.41 Å². The van der Waals surface area contributed by atoms with Crippen LogP contribution in [0.1, 0.15) is 25.0 Å². The summed E-state index contributed by atoms with van der Waals surface area (Å²) in [7, 11) is 0. The Morgan fingerprint density at radius 2 is 0.950 bits per heavy atom. The largest absolute Gasteiger partial charge is 0.310 e. The van der Waals surface area contributed by atoms with E-state index in [-0.39, 0.29) is 5.41 Å². The molecular weight excluding hydrogens is 482 g/mol. The molecule has 0 unspecified atom stereocenters. The van der Waals surface area contributed by atoms with Gasteiger partial charge >= 0.3 is 0 Å². The van der Waals surface area contributed by atoms with Gasteiger partial charge in [-0.3, -0.25) is 0 Å². The second-order valence-corrected chi connectivity index (χ2v) is 11.5. The van der Waals surface area contributed by atoms with E-state index in [1.54, 1.807) is 0 Å². The maximum absolute atomic E-state index is 2.42. The van der Waals surface area contributed by atoms with Crippen LogP contribution >= 0.6 is 0 Å². The van der Waals surface area contributed by atoms with Crippen LogP contribution in [0.5, 0.6) is 0 Å². The van der Waals surface area contributed by atoms with Crippen LogP contribution < -0.4 is 4.90 Å². The maximum atomic E-state index is 2.42.